The molecule has 0 saturated carbocycles. The Bertz CT molecular complexity index is 921. The largest absolute Gasteiger partial charge is 0.454 e. The number of nitrogens with one attached hydrogen (secondary N) is 1. The number of rotatable bonds is 2. The minimum Gasteiger partial charge on any atom is -0.454 e. The summed E-state index contributed by atoms with van der Waals surface area (Å²) in [6.45, 7) is 2.13. The Morgan fingerprint density at radius 1 is 1.09 bits per heavy atom. The minimum absolute atomic E-state index is 0.189. The van der Waals surface area contributed by atoms with Crippen LogP contribution in [0.25, 0.3) is 10.9 Å². The molecule has 1 aliphatic heterocycles. The topological polar surface area (TPSA) is 60.5 Å². The third kappa shape index (κ3) is 2.46. The highest BCUT2D eigenvalue weighted by Crippen LogP contribution is 2.33. The second-order valence-corrected chi connectivity index (χ2v) is 5.35. The van der Waals surface area contributed by atoms with E-state index in [2.05, 4.69) is 10.3 Å². The van der Waals surface area contributed by atoms with Crippen molar-refractivity contribution < 1.29 is 14.3 Å². The highest BCUT2D eigenvalue weighted by atomic mass is 16.7. The van der Waals surface area contributed by atoms with Crippen molar-refractivity contribution in [3.8, 4) is 11.5 Å². The van der Waals surface area contributed by atoms with Crippen molar-refractivity contribution in [1.29, 1.82) is 0 Å². The van der Waals surface area contributed by atoms with Gasteiger partial charge in [0.2, 0.25) is 6.79 Å². The average molecular weight is 306 g/mol. The Labute approximate surface area is 132 Å². The van der Waals surface area contributed by atoms with Gasteiger partial charge in [0, 0.05) is 16.6 Å². The standard InChI is InChI=1S/C18H14N2O3/c1-11-5-7-13-14(19-11)3-2-4-15(13)20-18(21)12-6-8-16-17(9-12)23-10-22-16/h2-9H,10H2,1H3,(H,20,21). The lowest BCUT2D eigenvalue weighted by Crippen LogP contribution is -2.12. The maximum atomic E-state index is 12.5. The minimum atomic E-state index is -0.198. The predicted octanol–water partition coefficient (Wildman–Crippen LogP) is 3.52. The second kappa shape index (κ2) is 5.28. The van der Waals surface area contributed by atoms with Crippen LogP contribution in [-0.2, 0) is 0 Å². The van der Waals surface area contributed by atoms with Crippen molar-refractivity contribution in [2.45, 2.75) is 6.92 Å². The molecule has 5 heteroatoms. The van der Waals surface area contributed by atoms with Crippen LogP contribution in [0.5, 0.6) is 11.5 Å². The van der Waals surface area contributed by atoms with E-state index in [1.54, 1.807) is 18.2 Å². The summed E-state index contributed by atoms with van der Waals surface area (Å²) in [7, 11) is 0. The number of nitrogens with zero attached hydrogens (tertiary/aromatic N) is 1. The van der Waals surface area contributed by atoms with Crippen molar-refractivity contribution in [2.75, 3.05) is 12.1 Å². The van der Waals surface area contributed by atoms with Gasteiger partial charge in [-0.05, 0) is 49.4 Å². The number of aromatic nitrogens is 1. The number of carbonyl (C=O) groups excluding carboxylic acids is 1. The van der Waals surface area contributed by atoms with Gasteiger partial charge in [-0.25, -0.2) is 0 Å². The number of benzene rings is 2. The number of aryl methyl sites for hydroxylation is 1. The molecule has 5 nitrogen and oxygen atoms in total. The molecule has 0 spiro atoms. The molecule has 4 rings (SSSR count). The van der Waals surface area contributed by atoms with Gasteiger partial charge in [0.15, 0.2) is 11.5 Å². The molecular formula is C18H14N2O3. The number of anilines is 1. The molecular weight excluding hydrogens is 292 g/mol. The van der Waals surface area contributed by atoms with Gasteiger partial charge < -0.3 is 14.8 Å². The van der Waals surface area contributed by atoms with Crippen LogP contribution < -0.4 is 14.8 Å². The molecule has 114 valence electrons. The Morgan fingerprint density at radius 2 is 1.96 bits per heavy atom. The SMILES string of the molecule is Cc1ccc2c(NC(=O)c3ccc4c(c3)OCO4)cccc2n1. The second-order valence-electron chi connectivity index (χ2n) is 5.35. The maximum absolute atomic E-state index is 12.5. The van der Waals surface area contributed by atoms with E-state index in [1.807, 2.05) is 37.3 Å². The molecule has 2 aromatic carbocycles. The summed E-state index contributed by atoms with van der Waals surface area (Å²) >= 11 is 0. The van der Waals surface area contributed by atoms with Crippen LogP contribution >= 0.6 is 0 Å². The van der Waals surface area contributed by atoms with E-state index in [0.717, 1.165) is 22.3 Å². The van der Waals surface area contributed by atoms with Crippen molar-refractivity contribution in [2.24, 2.45) is 0 Å². The van der Waals surface area contributed by atoms with Gasteiger partial charge in [-0.15, -0.1) is 0 Å². The molecule has 1 N–H and O–H groups in total. The molecule has 2 heterocycles. The van der Waals surface area contributed by atoms with Crippen LogP contribution in [0.4, 0.5) is 5.69 Å². The number of hydrogen-bond donors (Lipinski definition) is 1. The zero-order chi connectivity index (χ0) is 15.8. The van der Waals surface area contributed by atoms with Crippen LogP contribution in [0.1, 0.15) is 16.1 Å². The summed E-state index contributed by atoms with van der Waals surface area (Å²) in [4.78, 5) is 17.0. The lowest BCUT2D eigenvalue weighted by Gasteiger charge is -2.09. The first-order chi connectivity index (χ1) is 11.2. The van der Waals surface area contributed by atoms with Gasteiger partial charge in [-0.1, -0.05) is 6.07 Å². The highest BCUT2D eigenvalue weighted by Gasteiger charge is 2.16. The first-order valence-corrected chi connectivity index (χ1v) is 7.28. The van der Waals surface area contributed by atoms with E-state index in [0.29, 0.717) is 17.1 Å². The molecule has 1 amide bonds. The van der Waals surface area contributed by atoms with Crippen LogP contribution in [0.15, 0.2) is 48.5 Å². The molecule has 0 aliphatic carbocycles. The van der Waals surface area contributed by atoms with Gasteiger partial charge in [0.25, 0.3) is 5.91 Å². The van der Waals surface area contributed by atoms with Crippen molar-refractivity contribution >= 4 is 22.5 Å². The summed E-state index contributed by atoms with van der Waals surface area (Å²) in [6, 6.07) is 14.7. The Hall–Kier alpha value is -3.08. The van der Waals surface area contributed by atoms with Gasteiger partial charge in [0.05, 0.1) is 11.2 Å². The van der Waals surface area contributed by atoms with Gasteiger partial charge in [-0.3, -0.25) is 9.78 Å². The first kappa shape index (κ1) is 13.6. The summed E-state index contributed by atoms with van der Waals surface area (Å²) in [5.41, 5.74) is 3.05. The normalized spacial score (nSPS) is 12.4. The van der Waals surface area contributed by atoms with Gasteiger partial charge >= 0.3 is 0 Å². The third-order valence-corrected chi connectivity index (χ3v) is 3.75. The highest BCUT2D eigenvalue weighted by molar-refractivity contribution is 6.09. The lowest BCUT2D eigenvalue weighted by atomic mass is 10.1. The van der Waals surface area contributed by atoms with E-state index < -0.39 is 0 Å². The monoisotopic (exact) mass is 306 g/mol. The number of carbonyl (C=O) groups is 1. The van der Waals surface area contributed by atoms with E-state index >= 15 is 0 Å². The van der Waals surface area contributed by atoms with E-state index in [-0.39, 0.29) is 12.7 Å². The molecule has 0 unspecified atom stereocenters. The summed E-state index contributed by atoms with van der Waals surface area (Å²) < 4.78 is 10.6. The Kier molecular flexibility index (Phi) is 3.12. The predicted molar refractivity (Wildman–Crippen MR) is 87.0 cm³/mol. The Morgan fingerprint density at radius 3 is 2.87 bits per heavy atom. The zero-order valence-electron chi connectivity index (χ0n) is 12.5. The molecule has 1 aliphatic rings. The van der Waals surface area contributed by atoms with Crippen LogP contribution in [-0.4, -0.2) is 17.7 Å². The molecule has 0 saturated heterocycles. The fourth-order valence-corrected chi connectivity index (χ4v) is 2.60. The number of hydrogen-bond acceptors (Lipinski definition) is 4. The molecule has 23 heavy (non-hydrogen) atoms. The van der Waals surface area contributed by atoms with Crippen molar-refractivity contribution in [3.05, 3.63) is 59.8 Å². The van der Waals surface area contributed by atoms with Crippen molar-refractivity contribution in [3.63, 3.8) is 0 Å². The molecule has 0 fully saturated rings. The van der Waals surface area contributed by atoms with Gasteiger partial charge in [-0.2, -0.15) is 0 Å². The molecule has 0 bridgehead atoms. The Balaban J connectivity index is 1.66. The average Bonchev–Trinajstić information content (AvgIpc) is 3.02. The van der Waals surface area contributed by atoms with E-state index in [9.17, 15) is 4.79 Å². The summed E-state index contributed by atoms with van der Waals surface area (Å²) in [5, 5.41) is 3.85. The summed E-state index contributed by atoms with van der Waals surface area (Å²) in [6.07, 6.45) is 0. The quantitative estimate of drug-likeness (QED) is 0.787. The van der Waals surface area contributed by atoms with Crippen molar-refractivity contribution in [1.82, 2.24) is 4.98 Å². The first-order valence-electron chi connectivity index (χ1n) is 7.28. The number of amides is 1. The van der Waals surface area contributed by atoms with Crippen LogP contribution in [0.3, 0.4) is 0 Å². The third-order valence-electron chi connectivity index (χ3n) is 3.75. The fourth-order valence-electron chi connectivity index (χ4n) is 2.60. The smallest absolute Gasteiger partial charge is 0.255 e. The number of ether oxygens (including phenoxy) is 2. The molecule has 0 radical (unpaired) electrons. The summed E-state index contributed by atoms with van der Waals surface area (Å²) in [5.74, 6) is 1.05. The van der Waals surface area contributed by atoms with E-state index in [1.165, 1.54) is 0 Å². The van der Waals surface area contributed by atoms with Gasteiger partial charge in [0.1, 0.15) is 0 Å². The lowest BCUT2D eigenvalue weighted by molar-refractivity contribution is 0.102. The van der Waals surface area contributed by atoms with E-state index in [4.69, 9.17) is 9.47 Å². The number of fused-ring (bicyclic) bond motifs is 2. The van der Waals surface area contributed by atoms with Crippen LogP contribution in [0.2, 0.25) is 0 Å². The van der Waals surface area contributed by atoms with Crippen LogP contribution in [0, 0.1) is 6.92 Å². The molecule has 1 aromatic heterocycles. The number of pyridine rings is 1. The zero-order valence-corrected chi connectivity index (χ0v) is 12.5. The fraction of sp³-hybridized carbons (Fsp3) is 0.111. The molecule has 0 atom stereocenters. The maximum Gasteiger partial charge on any atom is 0.255 e. The molecule has 3 aromatic rings.